The van der Waals surface area contributed by atoms with Crippen LogP contribution in [0.1, 0.15) is 70.1 Å². The molecule has 0 aliphatic carbocycles. The molecular formula is C33H46N2O7. The summed E-state index contributed by atoms with van der Waals surface area (Å²) < 4.78 is 22.9. The number of hydrogen-bond donors (Lipinski definition) is 1. The Balaban J connectivity index is 1.85. The number of amides is 1. The number of nitrogens with one attached hydrogen (secondary N) is 1. The molecule has 0 unspecified atom stereocenters. The maximum Gasteiger partial charge on any atom is 0.329 e. The summed E-state index contributed by atoms with van der Waals surface area (Å²) in [5, 5.41) is 3.06. The number of Topliss-reactive ketones (excluding diaryl/α,β-unsaturated/α-hetero) is 1. The number of piperidine rings is 1. The molecule has 9 heteroatoms. The summed E-state index contributed by atoms with van der Waals surface area (Å²) in [6.45, 7) is 6.96. The average molecular weight is 583 g/mol. The van der Waals surface area contributed by atoms with E-state index in [2.05, 4.69) is 5.32 Å². The number of carbonyl (C=O) groups is 3. The van der Waals surface area contributed by atoms with E-state index in [0.717, 1.165) is 24.0 Å². The minimum atomic E-state index is -0.804. The Hall–Kier alpha value is -3.59. The van der Waals surface area contributed by atoms with E-state index >= 15 is 0 Å². The molecule has 2 atom stereocenters. The van der Waals surface area contributed by atoms with Crippen LogP contribution in [-0.2, 0) is 25.5 Å². The van der Waals surface area contributed by atoms with Gasteiger partial charge < -0.3 is 29.2 Å². The van der Waals surface area contributed by atoms with E-state index in [-0.39, 0.29) is 0 Å². The summed E-state index contributed by atoms with van der Waals surface area (Å²) in [7, 11) is 5.05. The molecule has 2 aromatic rings. The van der Waals surface area contributed by atoms with Crippen molar-refractivity contribution in [2.45, 2.75) is 71.4 Å². The Morgan fingerprint density at radius 1 is 1.05 bits per heavy atom. The molecule has 1 amide bonds. The highest BCUT2D eigenvalue weighted by Gasteiger charge is 2.41. The van der Waals surface area contributed by atoms with Crippen LogP contribution in [0.3, 0.4) is 0 Å². The van der Waals surface area contributed by atoms with Gasteiger partial charge >= 0.3 is 5.97 Å². The number of aryl methyl sites for hydroxylation is 1. The number of ketones is 1. The van der Waals surface area contributed by atoms with Crippen LogP contribution in [0.25, 0.3) is 0 Å². The van der Waals surface area contributed by atoms with Gasteiger partial charge in [-0.05, 0) is 81.0 Å². The first-order valence-corrected chi connectivity index (χ1v) is 14.8. The fraction of sp³-hybridized carbons (Fsp3) is 0.545. The lowest BCUT2D eigenvalue weighted by Crippen LogP contribution is -2.53. The fourth-order valence-electron chi connectivity index (χ4n) is 4.92. The number of nitrogens with zero attached hydrogens (tertiary/aromatic N) is 1. The number of methoxy groups -OCH3 is 2. The smallest absolute Gasteiger partial charge is 0.329 e. The second kappa shape index (κ2) is 15.6. The second-order valence-electron chi connectivity index (χ2n) is 11.3. The maximum atomic E-state index is 13.7. The van der Waals surface area contributed by atoms with E-state index in [4.69, 9.17) is 18.9 Å². The fourth-order valence-corrected chi connectivity index (χ4v) is 4.92. The molecule has 0 bridgehead atoms. The first kappa shape index (κ1) is 32.9. The summed E-state index contributed by atoms with van der Waals surface area (Å²) in [4.78, 5) is 41.5. The average Bonchev–Trinajstić information content (AvgIpc) is 3.02. The van der Waals surface area contributed by atoms with Crippen LogP contribution in [0.15, 0.2) is 42.5 Å². The van der Waals surface area contributed by atoms with Crippen LogP contribution in [0, 0.1) is 5.41 Å². The first-order valence-electron chi connectivity index (χ1n) is 14.8. The normalized spacial score (nSPS) is 16.0. The highest BCUT2D eigenvalue weighted by atomic mass is 16.5. The zero-order valence-corrected chi connectivity index (χ0v) is 25.9. The van der Waals surface area contributed by atoms with E-state index in [1.54, 1.807) is 28.1 Å². The second-order valence-corrected chi connectivity index (χ2v) is 11.3. The molecule has 0 spiro atoms. The largest absolute Gasteiger partial charge is 0.493 e. The van der Waals surface area contributed by atoms with Gasteiger partial charge in [-0.1, -0.05) is 39.0 Å². The van der Waals surface area contributed by atoms with Gasteiger partial charge in [-0.3, -0.25) is 9.59 Å². The van der Waals surface area contributed by atoms with Crippen LogP contribution < -0.4 is 19.5 Å². The van der Waals surface area contributed by atoms with Gasteiger partial charge in [0.2, 0.25) is 5.78 Å². The Morgan fingerprint density at radius 2 is 1.81 bits per heavy atom. The lowest BCUT2D eigenvalue weighted by Gasteiger charge is -2.36. The van der Waals surface area contributed by atoms with Crippen molar-refractivity contribution < 1.29 is 33.3 Å². The van der Waals surface area contributed by atoms with E-state index in [1.807, 2.05) is 56.4 Å². The number of hydrogen-bond acceptors (Lipinski definition) is 8. The molecule has 230 valence electrons. The van der Waals surface area contributed by atoms with Crippen molar-refractivity contribution in [1.29, 1.82) is 0 Å². The number of likely N-dealkylation sites (N-methyl/N-ethyl adjacent to an activating group) is 1. The van der Waals surface area contributed by atoms with Crippen molar-refractivity contribution in [3.63, 3.8) is 0 Å². The van der Waals surface area contributed by atoms with Gasteiger partial charge in [-0.15, -0.1) is 0 Å². The zero-order valence-electron chi connectivity index (χ0n) is 25.9. The standard InChI is InChI=1S/C33H46N2O7/c1-7-33(2,3)30(36)31(37)35-19-9-8-13-26(35)32(38)42-27(24-11-10-12-25(22-24)41-20-18-34-4)16-14-23-15-17-28(39-5)29(21-23)40-6/h10-12,15,17,21-22,26-27,34H,7-9,13-14,16,18-20H2,1-6H3/t26-,27+/m0/s1. The molecule has 1 aliphatic heterocycles. The van der Waals surface area contributed by atoms with Crippen molar-refractivity contribution in [3.05, 3.63) is 53.6 Å². The number of ether oxygens (including phenoxy) is 4. The summed E-state index contributed by atoms with van der Waals surface area (Å²) in [6.07, 6.45) is 3.00. The van der Waals surface area contributed by atoms with Crippen molar-refractivity contribution in [3.8, 4) is 17.2 Å². The van der Waals surface area contributed by atoms with Gasteiger partial charge in [0.1, 0.15) is 24.5 Å². The predicted octanol–water partition coefficient (Wildman–Crippen LogP) is 4.91. The van der Waals surface area contributed by atoms with Gasteiger partial charge in [0.25, 0.3) is 5.91 Å². The highest BCUT2D eigenvalue weighted by Crippen LogP contribution is 2.32. The van der Waals surface area contributed by atoms with Gasteiger partial charge in [-0.25, -0.2) is 4.79 Å². The predicted molar refractivity (Wildman–Crippen MR) is 161 cm³/mol. The monoisotopic (exact) mass is 582 g/mol. The third-order valence-corrected chi connectivity index (χ3v) is 7.98. The lowest BCUT2D eigenvalue weighted by atomic mass is 9.84. The van der Waals surface area contributed by atoms with Crippen LogP contribution in [-0.4, -0.2) is 69.6 Å². The number of likely N-dealkylation sites (tertiary alicyclic amines) is 1. The van der Waals surface area contributed by atoms with E-state index in [0.29, 0.717) is 62.6 Å². The summed E-state index contributed by atoms with van der Waals surface area (Å²) in [5.74, 6) is 0.366. The summed E-state index contributed by atoms with van der Waals surface area (Å²) in [6, 6.07) is 12.5. The minimum Gasteiger partial charge on any atom is -0.493 e. The molecule has 42 heavy (non-hydrogen) atoms. The van der Waals surface area contributed by atoms with Crippen LogP contribution in [0.2, 0.25) is 0 Å². The van der Waals surface area contributed by atoms with Crippen molar-refractivity contribution in [2.24, 2.45) is 5.41 Å². The van der Waals surface area contributed by atoms with Crippen LogP contribution >= 0.6 is 0 Å². The topological polar surface area (TPSA) is 103 Å². The molecule has 0 aromatic heterocycles. The van der Waals surface area contributed by atoms with Gasteiger partial charge in [-0.2, -0.15) is 0 Å². The van der Waals surface area contributed by atoms with Gasteiger partial charge in [0.05, 0.1) is 14.2 Å². The van der Waals surface area contributed by atoms with Gasteiger partial charge in [0.15, 0.2) is 11.5 Å². The molecule has 0 saturated carbocycles. The molecule has 0 radical (unpaired) electrons. The molecule has 3 rings (SSSR count). The lowest BCUT2D eigenvalue weighted by molar-refractivity contribution is -0.164. The molecule has 2 aromatic carbocycles. The molecule has 1 saturated heterocycles. The molecule has 1 fully saturated rings. The number of carbonyl (C=O) groups excluding carboxylic acids is 3. The Labute approximate surface area is 249 Å². The quantitative estimate of drug-likeness (QED) is 0.180. The van der Waals surface area contributed by atoms with Crippen molar-refractivity contribution in [2.75, 3.05) is 41.0 Å². The first-order chi connectivity index (χ1) is 20.1. The van der Waals surface area contributed by atoms with Crippen LogP contribution in [0.5, 0.6) is 17.2 Å². The molecule has 1 aliphatic rings. The van der Waals surface area contributed by atoms with E-state index in [1.165, 1.54) is 4.90 Å². The SMILES string of the molecule is CCC(C)(C)C(=O)C(=O)N1CCCC[C@H]1C(=O)O[C@H](CCc1ccc(OC)c(OC)c1)c1cccc(OCCNC)c1. The Bertz CT molecular complexity index is 1210. The van der Waals surface area contributed by atoms with Gasteiger partial charge in [0, 0.05) is 18.5 Å². The molecule has 9 nitrogen and oxygen atoms in total. The zero-order chi connectivity index (χ0) is 30.7. The summed E-state index contributed by atoms with van der Waals surface area (Å²) >= 11 is 0. The highest BCUT2D eigenvalue weighted by molar-refractivity contribution is 6.38. The molecular weight excluding hydrogens is 536 g/mol. The Kier molecular flexibility index (Phi) is 12.2. The van der Waals surface area contributed by atoms with Crippen LogP contribution in [0.4, 0.5) is 0 Å². The molecule has 1 heterocycles. The van der Waals surface area contributed by atoms with Crippen molar-refractivity contribution in [1.82, 2.24) is 10.2 Å². The number of benzene rings is 2. The third kappa shape index (κ3) is 8.47. The summed E-state index contributed by atoms with van der Waals surface area (Å²) in [5.41, 5.74) is 0.998. The number of rotatable bonds is 15. The molecule has 1 N–H and O–H groups in total. The van der Waals surface area contributed by atoms with Crippen molar-refractivity contribution >= 4 is 17.7 Å². The van der Waals surface area contributed by atoms with E-state index < -0.39 is 35.2 Å². The minimum absolute atomic E-state index is 0.356. The number of esters is 1. The Morgan fingerprint density at radius 3 is 2.50 bits per heavy atom. The third-order valence-electron chi connectivity index (χ3n) is 7.98. The maximum absolute atomic E-state index is 13.7. The van der Waals surface area contributed by atoms with E-state index in [9.17, 15) is 14.4 Å².